The first-order chi connectivity index (χ1) is 9.96. The average Bonchev–Trinajstić information content (AvgIpc) is 2.40. The summed E-state index contributed by atoms with van der Waals surface area (Å²) in [6.45, 7) is 0.405. The van der Waals surface area contributed by atoms with Crippen molar-refractivity contribution in [1.82, 2.24) is 5.32 Å². The first kappa shape index (κ1) is 15.8. The van der Waals surface area contributed by atoms with Gasteiger partial charge in [0.25, 0.3) is 5.91 Å². The van der Waals surface area contributed by atoms with Gasteiger partial charge in [0.2, 0.25) is 0 Å². The number of methoxy groups -OCH3 is 1. The maximum atomic E-state index is 12.1. The molecule has 0 spiro atoms. The van der Waals surface area contributed by atoms with Gasteiger partial charge in [0.15, 0.2) is 0 Å². The number of rotatable bonds is 6. The molecule has 1 aliphatic rings. The van der Waals surface area contributed by atoms with Crippen LogP contribution in [0.2, 0.25) is 0 Å². The molecule has 1 aromatic rings. The summed E-state index contributed by atoms with van der Waals surface area (Å²) >= 11 is 3.34. The summed E-state index contributed by atoms with van der Waals surface area (Å²) in [6, 6.07) is 5.09. The second-order valence-electron chi connectivity index (χ2n) is 5.46. The molecule has 5 nitrogen and oxygen atoms in total. The van der Waals surface area contributed by atoms with Crippen molar-refractivity contribution < 1.29 is 19.4 Å². The van der Waals surface area contributed by atoms with Gasteiger partial charge in [-0.1, -0.05) is 6.42 Å². The van der Waals surface area contributed by atoms with E-state index in [0.29, 0.717) is 22.3 Å². The van der Waals surface area contributed by atoms with E-state index in [1.807, 2.05) is 0 Å². The number of ether oxygens (including phenoxy) is 1. The second kappa shape index (κ2) is 6.47. The van der Waals surface area contributed by atoms with Crippen LogP contribution in [0.1, 0.15) is 36.0 Å². The van der Waals surface area contributed by atoms with Gasteiger partial charge in [0.1, 0.15) is 5.75 Å². The van der Waals surface area contributed by atoms with Gasteiger partial charge >= 0.3 is 5.97 Å². The quantitative estimate of drug-likeness (QED) is 0.822. The number of aliphatic carboxylic acids is 1. The Bertz CT molecular complexity index is 555. The molecule has 6 heteroatoms. The van der Waals surface area contributed by atoms with Crippen molar-refractivity contribution in [2.45, 2.75) is 25.7 Å². The number of halogens is 1. The van der Waals surface area contributed by atoms with Gasteiger partial charge in [-0.15, -0.1) is 0 Å². The van der Waals surface area contributed by atoms with Crippen LogP contribution in [0.4, 0.5) is 0 Å². The third-order valence-electron chi connectivity index (χ3n) is 3.98. The highest BCUT2D eigenvalue weighted by Crippen LogP contribution is 2.43. The fraction of sp³-hybridized carbons (Fsp3) is 0.467. The Morgan fingerprint density at radius 2 is 2.14 bits per heavy atom. The first-order valence-electron chi connectivity index (χ1n) is 6.79. The maximum Gasteiger partial charge on any atom is 0.303 e. The van der Waals surface area contributed by atoms with Crippen molar-refractivity contribution in [2.75, 3.05) is 13.7 Å². The average molecular weight is 356 g/mol. The summed E-state index contributed by atoms with van der Waals surface area (Å²) in [5, 5.41) is 11.8. The first-order valence-corrected chi connectivity index (χ1v) is 7.59. The molecule has 0 aliphatic heterocycles. The fourth-order valence-electron chi connectivity index (χ4n) is 2.59. The predicted molar refractivity (Wildman–Crippen MR) is 81.6 cm³/mol. The van der Waals surface area contributed by atoms with E-state index < -0.39 is 5.97 Å². The van der Waals surface area contributed by atoms with Gasteiger partial charge in [-0.2, -0.15) is 0 Å². The highest BCUT2D eigenvalue weighted by Gasteiger charge is 2.39. The zero-order valence-corrected chi connectivity index (χ0v) is 13.4. The Morgan fingerprint density at radius 3 is 2.62 bits per heavy atom. The largest absolute Gasteiger partial charge is 0.496 e. The molecule has 2 N–H and O–H groups in total. The van der Waals surface area contributed by atoms with E-state index in [1.165, 1.54) is 0 Å². The highest BCUT2D eigenvalue weighted by atomic mass is 79.9. The molecule has 1 saturated carbocycles. The topological polar surface area (TPSA) is 75.6 Å². The standard InChI is InChI=1S/C15H18BrNO4/c1-21-12-4-3-10(7-11(12)16)14(20)17-9-15(5-2-6-15)8-13(18)19/h3-4,7H,2,5-6,8-9H2,1H3,(H,17,20)(H,18,19). The maximum absolute atomic E-state index is 12.1. The molecule has 0 saturated heterocycles. The molecule has 21 heavy (non-hydrogen) atoms. The van der Waals surface area contributed by atoms with Gasteiger partial charge in [-0.05, 0) is 52.4 Å². The zero-order chi connectivity index (χ0) is 15.5. The molecule has 0 bridgehead atoms. The van der Waals surface area contributed by atoms with Crippen molar-refractivity contribution in [2.24, 2.45) is 5.41 Å². The van der Waals surface area contributed by atoms with Crippen LogP contribution in [0.5, 0.6) is 5.75 Å². The van der Waals surface area contributed by atoms with Gasteiger partial charge in [0.05, 0.1) is 18.0 Å². The number of hydrogen-bond donors (Lipinski definition) is 2. The van der Waals surface area contributed by atoms with E-state index in [9.17, 15) is 9.59 Å². The van der Waals surface area contributed by atoms with Crippen LogP contribution in [-0.2, 0) is 4.79 Å². The molecular weight excluding hydrogens is 338 g/mol. The minimum absolute atomic E-state index is 0.111. The summed E-state index contributed by atoms with van der Waals surface area (Å²) in [5.41, 5.74) is 0.248. The Morgan fingerprint density at radius 1 is 1.43 bits per heavy atom. The van der Waals surface area contributed by atoms with Gasteiger partial charge in [-0.25, -0.2) is 0 Å². The van der Waals surface area contributed by atoms with Crippen molar-refractivity contribution >= 4 is 27.8 Å². The monoisotopic (exact) mass is 355 g/mol. The van der Waals surface area contributed by atoms with E-state index in [4.69, 9.17) is 9.84 Å². The Balaban J connectivity index is 1.98. The Kier molecular flexibility index (Phi) is 4.88. The molecule has 0 unspecified atom stereocenters. The summed E-state index contributed by atoms with van der Waals surface area (Å²) in [6.07, 6.45) is 2.84. The Labute approximate surface area is 131 Å². The number of hydrogen-bond acceptors (Lipinski definition) is 3. The smallest absolute Gasteiger partial charge is 0.303 e. The molecule has 114 valence electrons. The summed E-state index contributed by atoms with van der Waals surface area (Å²) in [7, 11) is 1.56. The van der Waals surface area contributed by atoms with E-state index in [-0.39, 0.29) is 17.7 Å². The molecular formula is C15H18BrNO4. The van der Waals surface area contributed by atoms with Crippen LogP contribution in [0.25, 0.3) is 0 Å². The van der Waals surface area contributed by atoms with E-state index in [2.05, 4.69) is 21.2 Å². The molecule has 0 atom stereocenters. The molecule has 1 aliphatic carbocycles. The number of nitrogens with one attached hydrogen (secondary N) is 1. The van der Waals surface area contributed by atoms with Gasteiger partial charge in [0, 0.05) is 12.1 Å². The number of carboxylic acids is 1. The fourth-order valence-corrected chi connectivity index (χ4v) is 3.13. The van der Waals surface area contributed by atoms with Gasteiger partial charge < -0.3 is 15.2 Å². The SMILES string of the molecule is COc1ccc(C(=O)NCC2(CC(=O)O)CCC2)cc1Br. The second-order valence-corrected chi connectivity index (χ2v) is 6.31. The van der Waals surface area contributed by atoms with Crippen molar-refractivity contribution in [3.05, 3.63) is 28.2 Å². The van der Waals surface area contributed by atoms with E-state index in [0.717, 1.165) is 19.3 Å². The summed E-state index contributed by atoms with van der Waals surface area (Å²) in [4.78, 5) is 23.1. The number of amides is 1. The molecule has 2 rings (SSSR count). The molecule has 1 fully saturated rings. The Hall–Kier alpha value is -1.56. The summed E-state index contributed by atoms with van der Waals surface area (Å²) < 4.78 is 5.83. The van der Waals surface area contributed by atoms with Crippen LogP contribution >= 0.6 is 15.9 Å². The van der Waals surface area contributed by atoms with Crippen LogP contribution in [0.15, 0.2) is 22.7 Å². The van der Waals surface area contributed by atoms with Crippen LogP contribution < -0.4 is 10.1 Å². The molecule has 0 radical (unpaired) electrons. The van der Waals surface area contributed by atoms with E-state index >= 15 is 0 Å². The number of carboxylic acid groups (broad SMARTS) is 1. The number of benzene rings is 1. The van der Waals surface area contributed by atoms with Crippen molar-refractivity contribution in [3.63, 3.8) is 0 Å². The highest BCUT2D eigenvalue weighted by molar-refractivity contribution is 9.10. The zero-order valence-electron chi connectivity index (χ0n) is 11.8. The molecule has 1 amide bonds. The lowest BCUT2D eigenvalue weighted by molar-refractivity contribution is -0.141. The third kappa shape index (κ3) is 3.75. The summed E-state index contributed by atoms with van der Waals surface area (Å²) in [5.74, 6) is -0.348. The molecule has 1 aromatic carbocycles. The number of carbonyl (C=O) groups is 2. The lowest BCUT2D eigenvalue weighted by Crippen LogP contribution is -2.43. The molecule has 0 heterocycles. The van der Waals surface area contributed by atoms with Crippen LogP contribution in [-0.4, -0.2) is 30.6 Å². The van der Waals surface area contributed by atoms with Crippen LogP contribution in [0, 0.1) is 5.41 Å². The normalized spacial score (nSPS) is 15.9. The minimum Gasteiger partial charge on any atom is -0.496 e. The van der Waals surface area contributed by atoms with Gasteiger partial charge in [-0.3, -0.25) is 9.59 Å². The van der Waals surface area contributed by atoms with Crippen molar-refractivity contribution in [3.8, 4) is 5.75 Å². The lowest BCUT2D eigenvalue weighted by atomic mass is 9.66. The van der Waals surface area contributed by atoms with Crippen molar-refractivity contribution in [1.29, 1.82) is 0 Å². The third-order valence-corrected chi connectivity index (χ3v) is 4.60. The predicted octanol–water partition coefficient (Wildman–Crippen LogP) is 2.83. The molecule has 0 aromatic heterocycles. The minimum atomic E-state index is -0.809. The number of carbonyl (C=O) groups excluding carboxylic acids is 1. The van der Waals surface area contributed by atoms with Crippen LogP contribution in [0.3, 0.4) is 0 Å². The lowest BCUT2D eigenvalue weighted by Gasteiger charge is -2.40. The van der Waals surface area contributed by atoms with E-state index in [1.54, 1.807) is 25.3 Å².